The molecule has 1 fully saturated rings. The van der Waals surface area contributed by atoms with Crippen molar-refractivity contribution >= 4 is 34.2 Å². The van der Waals surface area contributed by atoms with Gasteiger partial charge >= 0.3 is 0 Å². The first-order valence-corrected chi connectivity index (χ1v) is 8.43. The number of nitrogens with zero attached hydrogens (tertiary/aromatic N) is 2. The average molecular weight is 311 g/mol. The van der Waals surface area contributed by atoms with Crippen LogP contribution in [0.2, 0.25) is 5.02 Å². The van der Waals surface area contributed by atoms with Crippen molar-refractivity contribution in [1.29, 1.82) is 0 Å². The Morgan fingerprint density at radius 2 is 1.80 bits per heavy atom. The van der Waals surface area contributed by atoms with Crippen molar-refractivity contribution < 1.29 is 0 Å². The van der Waals surface area contributed by atoms with Gasteiger partial charge in [-0.1, -0.05) is 43.7 Å². The molecule has 0 amide bonds. The van der Waals surface area contributed by atoms with E-state index in [4.69, 9.17) is 23.2 Å². The first kappa shape index (κ1) is 14.2. The summed E-state index contributed by atoms with van der Waals surface area (Å²) in [5, 5.41) is 0.769. The van der Waals surface area contributed by atoms with E-state index >= 15 is 0 Å². The number of imidazole rings is 1. The van der Waals surface area contributed by atoms with Gasteiger partial charge in [0.1, 0.15) is 5.82 Å². The van der Waals surface area contributed by atoms with E-state index in [1.54, 1.807) is 0 Å². The highest BCUT2D eigenvalue weighted by molar-refractivity contribution is 6.31. The van der Waals surface area contributed by atoms with Gasteiger partial charge in [-0.2, -0.15) is 0 Å². The van der Waals surface area contributed by atoms with Gasteiger partial charge in [0.15, 0.2) is 0 Å². The number of benzene rings is 1. The summed E-state index contributed by atoms with van der Waals surface area (Å²) < 4.78 is 2.35. The van der Waals surface area contributed by atoms with E-state index in [2.05, 4.69) is 9.55 Å². The van der Waals surface area contributed by atoms with Gasteiger partial charge in [0.05, 0.1) is 16.9 Å². The maximum Gasteiger partial charge on any atom is 0.125 e. The Labute approximate surface area is 130 Å². The molecule has 0 bridgehead atoms. The molecule has 1 aromatic carbocycles. The van der Waals surface area contributed by atoms with Crippen LogP contribution in [-0.4, -0.2) is 9.55 Å². The Bertz CT molecular complexity index is 583. The molecule has 0 radical (unpaired) electrons. The van der Waals surface area contributed by atoms with Crippen LogP contribution in [0.3, 0.4) is 0 Å². The van der Waals surface area contributed by atoms with Crippen molar-refractivity contribution in [3.63, 3.8) is 0 Å². The predicted octanol–water partition coefficient (Wildman–Crippen LogP) is 5.71. The van der Waals surface area contributed by atoms with Crippen molar-refractivity contribution in [3.8, 4) is 0 Å². The quantitative estimate of drug-likeness (QED) is 0.649. The molecule has 1 aliphatic carbocycles. The van der Waals surface area contributed by atoms with Gasteiger partial charge in [-0.15, -0.1) is 11.6 Å². The second-order valence-electron chi connectivity index (χ2n) is 5.66. The van der Waals surface area contributed by atoms with Gasteiger partial charge in [-0.05, 0) is 31.0 Å². The summed E-state index contributed by atoms with van der Waals surface area (Å²) in [6.07, 6.45) is 9.12. The van der Waals surface area contributed by atoms with E-state index in [9.17, 15) is 0 Å². The van der Waals surface area contributed by atoms with Crippen molar-refractivity contribution in [3.05, 3.63) is 29.0 Å². The fourth-order valence-corrected chi connectivity index (χ4v) is 3.67. The lowest BCUT2D eigenvalue weighted by Gasteiger charge is -2.23. The van der Waals surface area contributed by atoms with Crippen LogP contribution in [-0.2, 0) is 5.88 Å². The zero-order chi connectivity index (χ0) is 13.9. The topological polar surface area (TPSA) is 17.8 Å². The van der Waals surface area contributed by atoms with E-state index in [0.29, 0.717) is 11.9 Å². The van der Waals surface area contributed by atoms with Crippen molar-refractivity contribution in [2.45, 2.75) is 56.9 Å². The maximum absolute atomic E-state index is 6.17. The molecule has 0 N–H and O–H groups in total. The Hall–Kier alpha value is -0.730. The third-order valence-electron chi connectivity index (χ3n) is 4.28. The number of halogens is 2. The molecule has 2 nitrogen and oxygen atoms in total. The minimum absolute atomic E-state index is 0.461. The average Bonchev–Trinajstić information content (AvgIpc) is 2.76. The van der Waals surface area contributed by atoms with E-state index < -0.39 is 0 Å². The van der Waals surface area contributed by atoms with Gasteiger partial charge in [-0.25, -0.2) is 4.98 Å². The lowest BCUT2D eigenvalue weighted by atomic mass is 9.96. The molecule has 1 aromatic heterocycles. The largest absolute Gasteiger partial charge is 0.324 e. The molecule has 4 heteroatoms. The molecule has 108 valence electrons. The molecule has 3 rings (SSSR count). The summed E-state index contributed by atoms with van der Waals surface area (Å²) in [6, 6.07) is 6.44. The molecule has 1 heterocycles. The van der Waals surface area contributed by atoms with Crippen LogP contribution in [0.4, 0.5) is 0 Å². The summed E-state index contributed by atoms with van der Waals surface area (Å²) in [5.74, 6) is 1.44. The van der Waals surface area contributed by atoms with Crippen LogP contribution in [0, 0.1) is 0 Å². The summed E-state index contributed by atoms with van der Waals surface area (Å²) >= 11 is 12.3. The molecule has 0 unspecified atom stereocenters. The minimum Gasteiger partial charge on any atom is -0.324 e. The number of alkyl halides is 1. The molecule has 20 heavy (non-hydrogen) atoms. The Balaban J connectivity index is 2.04. The molecule has 0 saturated heterocycles. The van der Waals surface area contributed by atoms with Crippen LogP contribution in [0.5, 0.6) is 0 Å². The van der Waals surface area contributed by atoms with Gasteiger partial charge in [-0.3, -0.25) is 0 Å². The Kier molecular flexibility index (Phi) is 4.52. The van der Waals surface area contributed by atoms with Crippen LogP contribution >= 0.6 is 23.2 Å². The number of rotatable bonds is 2. The molecule has 0 atom stereocenters. The fraction of sp³-hybridized carbons (Fsp3) is 0.562. The minimum atomic E-state index is 0.461. The van der Waals surface area contributed by atoms with Crippen molar-refractivity contribution in [2.24, 2.45) is 0 Å². The van der Waals surface area contributed by atoms with E-state index in [0.717, 1.165) is 21.9 Å². The standard InChI is InChI=1S/C16H20Cl2N2/c17-11-16-19-14-9-8-12(18)10-15(14)20(16)13-6-4-2-1-3-5-7-13/h8-10,13H,1-7,11H2. The molecule has 1 saturated carbocycles. The number of aromatic nitrogens is 2. The summed E-state index contributed by atoms with van der Waals surface area (Å²) in [7, 11) is 0. The molecule has 0 spiro atoms. The van der Waals surface area contributed by atoms with Crippen LogP contribution in [0.25, 0.3) is 11.0 Å². The van der Waals surface area contributed by atoms with Crippen LogP contribution in [0.15, 0.2) is 18.2 Å². The van der Waals surface area contributed by atoms with Crippen LogP contribution < -0.4 is 0 Å². The van der Waals surface area contributed by atoms with E-state index in [1.807, 2.05) is 18.2 Å². The highest BCUT2D eigenvalue weighted by Crippen LogP contribution is 2.32. The van der Waals surface area contributed by atoms with Crippen molar-refractivity contribution in [2.75, 3.05) is 0 Å². The number of fused-ring (bicyclic) bond motifs is 1. The van der Waals surface area contributed by atoms with Gasteiger partial charge in [0.2, 0.25) is 0 Å². The second kappa shape index (κ2) is 6.36. The predicted molar refractivity (Wildman–Crippen MR) is 85.7 cm³/mol. The molecule has 1 aliphatic rings. The zero-order valence-corrected chi connectivity index (χ0v) is 13.1. The molecule has 2 aromatic rings. The zero-order valence-electron chi connectivity index (χ0n) is 11.6. The van der Waals surface area contributed by atoms with Gasteiger partial charge < -0.3 is 4.57 Å². The maximum atomic E-state index is 6.17. The molecular formula is C16H20Cl2N2. The van der Waals surface area contributed by atoms with E-state index in [-0.39, 0.29) is 0 Å². The normalized spacial score (nSPS) is 18.1. The third-order valence-corrected chi connectivity index (χ3v) is 4.76. The highest BCUT2D eigenvalue weighted by Gasteiger charge is 2.19. The Morgan fingerprint density at radius 1 is 1.10 bits per heavy atom. The number of hydrogen-bond donors (Lipinski definition) is 0. The lowest BCUT2D eigenvalue weighted by Crippen LogP contribution is -2.13. The van der Waals surface area contributed by atoms with Gasteiger partial charge in [0.25, 0.3) is 0 Å². The van der Waals surface area contributed by atoms with Crippen molar-refractivity contribution in [1.82, 2.24) is 9.55 Å². The van der Waals surface area contributed by atoms with Gasteiger partial charge in [0, 0.05) is 11.1 Å². The number of hydrogen-bond acceptors (Lipinski definition) is 1. The first-order valence-electron chi connectivity index (χ1n) is 7.52. The third kappa shape index (κ3) is 2.82. The lowest BCUT2D eigenvalue weighted by molar-refractivity contribution is 0.373. The summed E-state index contributed by atoms with van der Waals surface area (Å²) in [5.41, 5.74) is 2.14. The summed E-state index contributed by atoms with van der Waals surface area (Å²) in [4.78, 5) is 4.67. The van der Waals surface area contributed by atoms with Crippen LogP contribution in [0.1, 0.15) is 56.8 Å². The molecule has 0 aliphatic heterocycles. The fourth-order valence-electron chi connectivity index (χ4n) is 3.31. The molecular weight excluding hydrogens is 291 g/mol. The second-order valence-corrected chi connectivity index (χ2v) is 6.37. The SMILES string of the molecule is ClCc1nc2ccc(Cl)cc2n1C1CCCCCCC1. The van der Waals surface area contributed by atoms with E-state index in [1.165, 1.54) is 44.9 Å². The highest BCUT2D eigenvalue weighted by atomic mass is 35.5. The monoisotopic (exact) mass is 310 g/mol. The first-order chi connectivity index (χ1) is 9.79. The summed E-state index contributed by atoms with van der Waals surface area (Å²) in [6.45, 7) is 0. The smallest absolute Gasteiger partial charge is 0.125 e. The Morgan fingerprint density at radius 3 is 2.50 bits per heavy atom.